The van der Waals surface area contributed by atoms with Crippen molar-refractivity contribution in [2.45, 2.75) is 24.1 Å². The maximum absolute atomic E-state index is 12.8. The molecule has 0 bridgehead atoms. The molecule has 0 amide bonds. The summed E-state index contributed by atoms with van der Waals surface area (Å²) >= 11 is 5.70. The molecule has 0 radical (unpaired) electrons. The predicted octanol–water partition coefficient (Wildman–Crippen LogP) is 4.02. The fourth-order valence-electron chi connectivity index (χ4n) is 2.06. The SMILES string of the molecule is Cc1cccc(OC(C=O)COS(=O)(=O)c2cc(C(F)(F)F)ccc2Cl)c1. The molecule has 27 heavy (non-hydrogen) atoms. The van der Waals surface area contributed by atoms with Crippen molar-refractivity contribution in [1.82, 2.24) is 0 Å². The van der Waals surface area contributed by atoms with Crippen LogP contribution in [0.15, 0.2) is 47.4 Å². The second kappa shape index (κ2) is 8.28. The minimum absolute atomic E-state index is 0.310. The summed E-state index contributed by atoms with van der Waals surface area (Å²) in [5.74, 6) is 0.310. The minimum atomic E-state index is -4.76. The first kappa shape index (κ1) is 21.2. The van der Waals surface area contributed by atoms with Gasteiger partial charge in [-0.05, 0) is 42.8 Å². The normalized spacial score (nSPS) is 13.2. The van der Waals surface area contributed by atoms with Gasteiger partial charge in [-0.25, -0.2) is 0 Å². The van der Waals surface area contributed by atoms with E-state index in [0.29, 0.717) is 24.2 Å². The van der Waals surface area contributed by atoms with Crippen LogP contribution in [0.5, 0.6) is 5.75 Å². The third-order valence-corrected chi connectivity index (χ3v) is 5.11. The van der Waals surface area contributed by atoms with E-state index in [2.05, 4.69) is 4.18 Å². The van der Waals surface area contributed by atoms with Crippen LogP contribution in [0.2, 0.25) is 5.02 Å². The smallest absolute Gasteiger partial charge is 0.416 e. The number of aryl methyl sites for hydroxylation is 1. The Morgan fingerprint density at radius 2 is 1.89 bits per heavy atom. The highest BCUT2D eigenvalue weighted by atomic mass is 35.5. The summed E-state index contributed by atoms with van der Waals surface area (Å²) in [4.78, 5) is 10.3. The van der Waals surface area contributed by atoms with E-state index < -0.39 is 44.5 Å². The summed E-state index contributed by atoms with van der Waals surface area (Å²) in [6, 6.07) is 8.47. The van der Waals surface area contributed by atoms with Crippen molar-refractivity contribution >= 4 is 28.0 Å². The van der Waals surface area contributed by atoms with Gasteiger partial charge in [0, 0.05) is 0 Å². The Morgan fingerprint density at radius 3 is 2.48 bits per heavy atom. The summed E-state index contributed by atoms with van der Waals surface area (Å²) in [5, 5.41) is -0.440. The number of ether oxygens (including phenoxy) is 1. The number of alkyl halides is 3. The van der Waals surface area contributed by atoms with Crippen LogP contribution in [0.1, 0.15) is 11.1 Å². The second-order valence-corrected chi connectivity index (χ2v) is 7.48. The molecule has 2 rings (SSSR count). The van der Waals surface area contributed by atoms with Crippen LogP contribution in [-0.4, -0.2) is 27.4 Å². The summed E-state index contributed by atoms with van der Waals surface area (Å²) in [6.45, 7) is 1.06. The van der Waals surface area contributed by atoms with Crippen LogP contribution in [0.4, 0.5) is 13.2 Å². The number of carbonyl (C=O) groups is 1. The monoisotopic (exact) mass is 422 g/mol. The average molecular weight is 423 g/mol. The van der Waals surface area contributed by atoms with Gasteiger partial charge < -0.3 is 4.74 Å². The van der Waals surface area contributed by atoms with E-state index in [-0.39, 0.29) is 0 Å². The Labute approximate surface area is 158 Å². The quantitative estimate of drug-likeness (QED) is 0.498. The first-order valence-corrected chi connectivity index (χ1v) is 9.26. The molecule has 0 N–H and O–H groups in total. The van der Waals surface area contributed by atoms with Crippen molar-refractivity contribution in [2.24, 2.45) is 0 Å². The van der Waals surface area contributed by atoms with Gasteiger partial charge in [0.25, 0.3) is 10.1 Å². The number of halogens is 4. The maximum atomic E-state index is 12.8. The van der Waals surface area contributed by atoms with Crippen molar-refractivity contribution in [1.29, 1.82) is 0 Å². The van der Waals surface area contributed by atoms with Crippen LogP contribution in [0.25, 0.3) is 0 Å². The highest BCUT2D eigenvalue weighted by molar-refractivity contribution is 7.86. The van der Waals surface area contributed by atoms with E-state index in [1.807, 2.05) is 0 Å². The van der Waals surface area contributed by atoms with Gasteiger partial charge in [-0.3, -0.25) is 8.98 Å². The molecule has 0 heterocycles. The molecular formula is C17H14ClF3O5S. The van der Waals surface area contributed by atoms with E-state index in [0.717, 1.165) is 11.6 Å². The summed E-state index contributed by atoms with van der Waals surface area (Å²) in [5.41, 5.74) is -0.349. The Bertz CT molecular complexity index is 928. The second-order valence-electron chi connectivity index (χ2n) is 5.49. The van der Waals surface area contributed by atoms with Gasteiger partial charge in [0.15, 0.2) is 12.4 Å². The number of hydrogen-bond acceptors (Lipinski definition) is 5. The molecule has 5 nitrogen and oxygen atoms in total. The molecule has 10 heteroatoms. The zero-order valence-corrected chi connectivity index (χ0v) is 15.4. The summed E-state index contributed by atoms with van der Waals surface area (Å²) < 4.78 is 72.8. The van der Waals surface area contributed by atoms with E-state index >= 15 is 0 Å². The van der Waals surface area contributed by atoms with Gasteiger partial charge in [-0.2, -0.15) is 21.6 Å². The molecule has 0 saturated carbocycles. The Kier molecular flexibility index (Phi) is 6.50. The van der Waals surface area contributed by atoms with Crippen LogP contribution < -0.4 is 4.74 Å². The Morgan fingerprint density at radius 1 is 1.19 bits per heavy atom. The van der Waals surface area contributed by atoms with Crippen molar-refractivity contribution in [3.63, 3.8) is 0 Å². The Hall–Kier alpha value is -2.10. The lowest BCUT2D eigenvalue weighted by atomic mass is 10.2. The number of rotatable bonds is 7. The van der Waals surface area contributed by atoms with Crippen LogP contribution in [0, 0.1) is 6.92 Å². The zero-order valence-electron chi connectivity index (χ0n) is 13.9. The lowest BCUT2D eigenvalue weighted by Gasteiger charge is -2.15. The molecule has 1 unspecified atom stereocenters. The molecule has 2 aromatic rings. The van der Waals surface area contributed by atoms with E-state index in [1.165, 1.54) is 0 Å². The third-order valence-electron chi connectivity index (χ3n) is 3.34. The van der Waals surface area contributed by atoms with Crippen molar-refractivity contribution in [3.05, 3.63) is 58.6 Å². The third kappa shape index (κ3) is 5.69. The van der Waals surface area contributed by atoms with Gasteiger partial charge in [0.2, 0.25) is 0 Å². The number of aldehydes is 1. The molecule has 0 aromatic heterocycles. The minimum Gasteiger partial charge on any atom is -0.480 e. The van der Waals surface area contributed by atoms with E-state index in [1.54, 1.807) is 31.2 Å². The van der Waals surface area contributed by atoms with E-state index in [9.17, 15) is 26.4 Å². The predicted molar refractivity (Wildman–Crippen MR) is 91.3 cm³/mol. The van der Waals surface area contributed by atoms with Crippen LogP contribution >= 0.6 is 11.6 Å². The maximum Gasteiger partial charge on any atom is 0.416 e. The molecular weight excluding hydrogens is 409 g/mol. The van der Waals surface area contributed by atoms with Gasteiger partial charge in [-0.15, -0.1) is 0 Å². The molecule has 0 fully saturated rings. The first-order chi connectivity index (χ1) is 12.5. The van der Waals surface area contributed by atoms with Gasteiger partial charge in [0.05, 0.1) is 10.6 Å². The molecule has 1 atom stereocenters. The molecule has 2 aromatic carbocycles. The fourth-order valence-corrected chi connectivity index (χ4v) is 3.48. The average Bonchev–Trinajstić information content (AvgIpc) is 2.57. The molecule has 146 valence electrons. The van der Waals surface area contributed by atoms with E-state index in [4.69, 9.17) is 16.3 Å². The number of hydrogen-bond donors (Lipinski definition) is 0. The van der Waals surface area contributed by atoms with Crippen molar-refractivity contribution in [2.75, 3.05) is 6.61 Å². The molecule has 0 aliphatic carbocycles. The van der Waals surface area contributed by atoms with Gasteiger partial charge in [-0.1, -0.05) is 23.7 Å². The standard InChI is InChI=1S/C17H14ClF3O5S/c1-11-3-2-4-13(7-11)26-14(9-22)10-25-27(23,24)16-8-12(17(19,20)21)5-6-15(16)18/h2-9,14H,10H2,1H3. The number of carbonyl (C=O) groups excluding carboxylic acids is 1. The lowest BCUT2D eigenvalue weighted by molar-refractivity contribution is -0.137. The highest BCUT2D eigenvalue weighted by Gasteiger charge is 2.33. The molecule has 0 aliphatic rings. The summed E-state index contributed by atoms with van der Waals surface area (Å²) in [7, 11) is -4.65. The zero-order chi connectivity index (χ0) is 20.2. The molecule has 0 spiro atoms. The number of benzene rings is 2. The van der Waals surface area contributed by atoms with Crippen molar-refractivity contribution in [3.8, 4) is 5.75 Å². The Balaban J connectivity index is 2.17. The first-order valence-electron chi connectivity index (χ1n) is 7.48. The largest absolute Gasteiger partial charge is 0.480 e. The van der Waals surface area contributed by atoms with Crippen LogP contribution in [0.3, 0.4) is 0 Å². The van der Waals surface area contributed by atoms with Gasteiger partial charge in [0.1, 0.15) is 17.3 Å². The van der Waals surface area contributed by atoms with Gasteiger partial charge >= 0.3 is 6.18 Å². The fraction of sp³-hybridized carbons (Fsp3) is 0.235. The van der Waals surface area contributed by atoms with Crippen LogP contribution in [-0.2, 0) is 25.3 Å². The topological polar surface area (TPSA) is 69.7 Å². The van der Waals surface area contributed by atoms with Crippen molar-refractivity contribution < 1.29 is 35.3 Å². The lowest BCUT2D eigenvalue weighted by Crippen LogP contribution is -2.26. The highest BCUT2D eigenvalue weighted by Crippen LogP contribution is 2.34. The molecule has 0 aliphatic heterocycles. The molecule has 0 saturated heterocycles. The summed E-state index contributed by atoms with van der Waals surface area (Å²) in [6.07, 6.45) is -5.72.